The number of carbonyl (C=O) groups excluding carboxylic acids is 2. The van der Waals surface area contributed by atoms with Crippen molar-refractivity contribution in [3.8, 4) is 0 Å². The average Bonchev–Trinajstić information content (AvgIpc) is 3.21. The third-order valence-corrected chi connectivity index (χ3v) is 6.80. The minimum Gasteiger partial charge on any atom is -0.351 e. The van der Waals surface area contributed by atoms with Crippen LogP contribution in [0.4, 0.5) is 5.69 Å². The molecule has 9 heteroatoms. The summed E-state index contributed by atoms with van der Waals surface area (Å²) in [6.45, 7) is 2.69. The number of rotatable bonds is 10. The van der Waals surface area contributed by atoms with Crippen LogP contribution in [0.25, 0.3) is 0 Å². The van der Waals surface area contributed by atoms with Gasteiger partial charge in [-0.05, 0) is 42.1 Å². The normalized spacial score (nSPS) is 11.4. The summed E-state index contributed by atoms with van der Waals surface area (Å²) >= 11 is 1.34. The van der Waals surface area contributed by atoms with Crippen LogP contribution in [0.2, 0.25) is 0 Å². The quantitative estimate of drug-likeness (QED) is 0.614. The molecule has 7 nitrogen and oxygen atoms in total. The number of carbonyl (C=O) groups is 2. The molecule has 0 saturated carbocycles. The number of thiophene rings is 1. The largest absolute Gasteiger partial charge is 0.351 e. The van der Waals surface area contributed by atoms with E-state index < -0.39 is 10.0 Å². The highest BCUT2D eigenvalue weighted by molar-refractivity contribution is 7.89. The van der Waals surface area contributed by atoms with Crippen LogP contribution in [0.3, 0.4) is 0 Å². The number of nitrogens with zero attached hydrogens (tertiary/aromatic N) is 1. The lowest BCUT2D eigenvalue weighted by molar-refractivity contribution is -0.116. The first-order valence-corrected chi connectivity index (χ1v) is 11.3. The highest BCUT2D eigenvalue weighted by Gasteiger charge is 2.20. The van der Waals surface area contributed by atoms with E-state index >= 15 is 0 Å². The smallest absolute Gasteiger partial charge is 0.261 e. The molecule has 0 fully saturated rings. The van der Waals surface area contributed by atoms with Crippen molar-refractivity contribution >= 4 is 38.9 Å². The highest BCUT2D eigenvalue weighted by atomic mass is 32.2. The zero-order valence-electron chi connectivity index (χ0n) is 16.0. The van der Waals surface area contributed by atoms with Gasteiger partial charge in [-0.3, -0.25) is 9.59 Å². The molecule has 1 aromatic carbocycles. The van der Waals surface area contributed by atoms with E-state index in [0.29, 0.717) is 17.1 Å². The molecule has 0 spiro atoms. The van der Waals surface area contributed by atoms with Crippen molar-refractivity contribution in [2.24, 2.45) is 0 Å². The summed E-state index contributed by atoms with van der Waals surface area (Å²) in [6, 6.07) is 9.58. The Labute approximate surface area is 169 Å². The minimum absolute atomic E-state index is 0.122. The van der Waals surface area contributed by atoms with Crippen LogP contribution in [0.5, 0.6) is 0 Å². The van der Waals surface area contributed by atoms with Crippen LogP contribution >= 0.6 is 11.3 Å². The van der Waals surface area contributed by atoms with Gasteiger partial charge in [0.2, 0.25) is 15.9 Å². The highest BCUT2D eigenvalue weighted by Crippen LogP contribution is 2.18. The summed E-state index contributed by atoms with van der Waals surface area (Å²) in [5, 5.41) is 7.19. The summed E-state index contributed by atoms with van der Waals surface area (Å²) in [7, 11) is -1.97. The van der Waals surface area contributed by atoms with Crippen molar-refractivity contribution in [1.29, 1.82) is 0 Å². The third-order valence-electron chi connectivity index (χ3n) is 4.06. The number of amides is 2. The van der Waals surface area contributed by atoms with Gasteiger partial charge in [-0.2, -0.15) is 0 Å². The van der Waals surface area contributed by atoms with Gasteiger partial charge < -0.3 is 10.6 Å². The monoisotopic (exact) mass is 423 g/mol. The molecule has 0 bridgehead atoms. The molecule has 2 aromatic rings. The first-order valence-electron chi connectivity index (χ1n) is 9.02. The fraction of sp³-hybridized carbons (Fsp3) is 0.368. The van der Waals surface area contributed by atoms with Gasteiger partial charge in [0.1, 0.15) is 0 Å². The van der Waals surface area contributed by atoms with Gasteiger partial charge in [0.25, 0.3) is 5.91 Å². The van der Waals surface area contributed by atoms with Crippen molar-refractivity contribution in [2.75, 3.05) is 25.5 Å². The van der Waals surface area contributed by atoms with Gasteiger partial charge in [-0.15, -0.1) is 11.3 Å². The molecule has 0 saturated heterocycles. The average molecular weight is 424 g/mol. The molecule has 2 amide bonds. The van der Waals surface area contributed by atoms with Gasteiger partial charge in [0, 0.05) is 32.2 Å². The Bertz CT molecular complexity index is 878. The maximum Gasteiger partial charge on any atom is 0.261 e. The van der Waals surface area contributed by atoms with Crippen molar-refractivity contribution in [1.82, 2.24) is 9.62 Å². The van der Waals surface area contributed by atoms with Crippen molar-refractivity contribution in [3.63, 3.8) is 0 Å². The molecular weight excluding hydrogens is 398 g/mol. The molecule has 0 aliphatic carbocycles. The Morgan fingerprint density at radius 3 is 2.46 bits per heavy atom. The lowest BCUT2D eigenvalue weighted by Gasteiger charge is -2.17. The number of benzene rings is 1. The Hall–Kier alpha value is -2.23. The number of nitrogens with one attached hydrogen (secondary N) is 2. The second kappa shape index (κ2) is 10.4. The van der Waals surface area contributed by atoms with E-state index in [1.54, 1.807) is 31.3 Å². The summed E-state index contributed by atoms with van der Waals surface area (Å²) in [5.74, 6) is -0.466. The van der Waals surface area contributed by atoms with Crippen molar-refractivity contribution in [3.05, 3.63) is 46.7 Å². The number of unbranched alkanes of at least 4 members (excludes halogenated alkanes) is 1. The topological polar surface area (TPSA) is 95.6 Å². The number of hydrogen-bond donors (Lipinski definition) is 2. The standard InChI is InChI=1S/C19H25N3O4S2/c1-3-4-13-22(2)28(25,26)16-9-7-15(8-10-16)21-18(23)11-12-20-19(24)17-6-5-14-27-17/h5-10,14H,3-4,11-13H2,1-2H3,(H,20,24)(H,21,23). The van der Waals surface area contributed by atoms with Gasteiger partial charge >= 0.3 is 0 Å². The van der Waals surface area contributed by atoms with E-state index in [1.807, 2.05) is 12.3 Å². The van der Waals surface area contributed by atoms with E-state index in [4.69, 9.17) is 0 Å². The van der Waals surface area contributed by atoms with E-state index in [9.17, 15) is 18.0 Å². The molecule has 0 aliphatic rings. The van der Waals surface area contributed by atoms with Crippen molar-refractivity contribution in [2.45, 2.75) is 31.1 Å². The molecule has 0 radical (unpaired) electrons. The van der Waals surface area contributed by atoms with E-state index in [2.05, 4.69) is 10.6 Å². The molecule has 0 unspecified atom stereocenters. The van der Waals surface area contributed by atoms with Crippen LogP contribution in [-0.4, -0.2) is 44.7 Å². The van der Waals surface area contributed by atoms with Crippen LogP contribution in [0, 0.1) is 0 Å². The van der Waals surface area contributed by atoms with E-state index in [1.165, 1.54) is 27.8 Å². The van der Waals surface area contributed by atoms with Gasteiger partial charge in [-0.25, -0.2) is 12.7 Å². The second-order valence-corrected chi connectivity index (χ2v) is 9.23. The molecule has 2 rings (SSSR count). The van der Waals surface area contributed by atoms with E-state index in [-0.39, 0.29) is 29.7 Å². The molecule has 0 aliphatic heterocycles. The summed E-state index contributed by atoms with van der Waals surface area (Å²) in [6.07, 6.45) is 1.84. The van der Waals surface area contributed by atoms with Crippen LogP contribution in [0.1, 0.15) is 35.9 Å². The summed E-state index contributed by atoms with van der Waals surface area (Å²) in [5.41, 5.74) is 0.504. The Morgan fingerprint density at radius 2 is 1.86 bits per heavy atom. The fourth-order valence-electron chi connectivity index (χ4n) is 2.40. The molecule has 28 heavy (non-hydrogen) atoms. The lowest BCUT2D eigenvalue weighted by Crippen LogP contribution is -2.28. The predicted octanol–water partition coefficient (Wildman–Crippen LogP) is 2.93. The summed E-state index contributed by atoms with van der Waals surface area (Å²) < 4.78 is 26.3. The first-order chi connectivity index (χ1) is 13.3. The maximum absolute atomic E-state index is 12.5. The maximum atomic E-state index is 12.5. The Morgan fingerprint density at radius 1 is 1.14 bits per heavy atom. The van der Waals surface area contributed by atoms with Gasteiger partial charge in [-0.1, -0.05) is 19.4 Å². The minimum atomic E-state index is -3.53. The fourth-order valence-corrected chi connectivity index (χ4v) is 4.25. The van der Waals surface area contributed by atoms with Gasteiger partial charge in [0.15, 0.2) is 0 Å². The summed E-state index contributed by atoms with van der Waals surface area (Å²) in [4.78, 5) is 24.6. The van der Waals surface area contributed by atoms with Crippen LogP contribution in [-0.2, 0) is 14.8 Å². The first kappa shape index (κ1) is 22.1. The second-order valence-electron chi connectivity index (χ2n) is 6.24. The van der Waals surface area contributed by atoms with Gasteiger partial charge in [0.05, 0.1) is 9.77 Å². The molecular formula is C19H25N3O4S2. The lowest BCUT2D eigenvalue weighted by atomic mass is 10.3. The number of anilines is 1. The van der Waals surface area contributed by atoms with Crippen LogP contribution in [0.15, 0.2) is 46.7 Å². The Kier molecular flexibility index (Phi) is 8.16. The molecule has 1 aromatic heterocycles. The van der Waals surface area contributed by atoms with Crippen LogP contribution < -0.4 is 10.6 Å². The predicted molar refractivity (Wildman–Crippen MR) is 111 cm³/mol. The SMILES string of the molecule is CCCCN(C)S(=O)(=O)c1ccc(NC(=O)CCNC(=O)c2cccs2)cc1. The Balaban J connectivity index is 1.84. The zero-order chi connectivity index (χ0) is 20.6. The molecule has 0 atom stereocenters. The van der Waals surface area contributed by atoms with E-state index in [0.717, 1.165) is 12.8 Å². The molecule has 2 N–H and O–H groups in total. The van der Waals surface area contributed by atoms with Crippen molar-refractivity contribution < 1.29 is 18.0 Å². The number of sulfonamides is 1. The molecule has 152 valence electrons. The zero-order valence-corrected chi connectivity index (χ0v) is 17.6. The number of hydrogen-bond acceptors (Lipinski definition) is 5. The third kappa shape index (κ3) is 6.15. The molecule has 1 heterocycles.